The monoisotopic (exact) mass is 225 g/mol. The molecule has 0 aliphatic carbocycles. The van der Waals surface area contributed by atoms with Gasteiger partial charge in [0.15, 0.2) is 0 Å². The Morgan fingerprint density at radius 3 is 2.38 bits per heavy atom. The Bertz CT molecular complexity index is 299. The molecule has 0 fully saturated rings. The van der Waals surface area contributed by atoms with Gasteiger partial charge in [0.25, 0.3) is 0 Å². The highest BCUT2D eigenvalue weighted by molar-refractivity contribution is 5.16. The molecule has 0 bridgehead atoms. The standard InChI is InChI=1S/C13H20FNO/c1-10(15-11(2)9-16)3-4-12-5-7-13(14)8-6-12/h5-8,10-11,15-16H,3-4,9H2,1-2H3/t10?,11-/m1/s1. The molecule has 2 nitrogen and oxygen atoms in total. The summed E-state index contributed by atoms with van der Waals surface area (Å²) in [5.74, 6) is -0.191. The second-order valence-electron chi connectivity index (χ2n) is 4.32. The lowest BCUT2D eigenvalue weighted by atomic mass is 10.1. The summed E-state index contributed by atoms with van der Waals surface area (Å²) in [7, 11) is 0. The molecule has 1 aromatic rings. The first-order chi connectivity index (χ1) is 7.61. The molecule has 2 N–H and O–H groups in total. The number of halogens is 1. The molecular formula is C13H20FNO. The van der Waals surface area contributed by atoms with Crippen LogP contribution in [0.3, 0.4) is 0 Å². The van der Waals surface area contributed by atoms with Gasteiger partial charge in [0.05, 0.1) is 6.61 Å². The fourth-order valence-electron chi connectivity index (χ4n) is 1.66. The molecule has 0 saturated heterocycles. The van der Waals surface area contributed by atoms with Crippen molar-refractivity contribution in [2.45, 2.75) is 38.8 Å². The molecule has 1 unspecified atom stereocenters. The van der Waals surface area contributed by atoms with Gasteiger partial charge >= 0.3 is 0 Å². The Balaban J connectivity index is 2.31. The van der Waals surface area contributed by atoms with E-state index in [1.165, 1.54) is 12.1 Å². The topological polar surface area (TPSA) is 32.3 Å². The van der Waals surface area contributed by atoms with Crippen molar-refractivity contribution in [3.05, 3.63) is 35.6 Å². The van der Waals surface area contributed by atoms with Crippen molar-refractivity contribution in [3.8, 4) is 0 Å². The quantitative estimate of drug-likeness (QED) is 0.777. The lowest BCUT2D eigenvalue weighted by molar-refractivity contribution is 0.241. The van der Waals surface area contributed by atoms with Gasteiger partial charge in [0, 0.05) is 12.1 Å². The molecule has 0 radical (unpaired) electrons. The van der Waals surface area contributed by atoms with Gasteiger partial charge in [-0.15, -0.1) is 0 Å². The maximum atomic E-state index is 12.7. The third-order valence-corrected chi connectivity index (χ3v) is 2.62. The maximum absolute atomic E-state index is 12.7. The number of aryl methyl sites for hydroxylation is 1. The van der Waals surface area contributed by atoms with Gasteiger partial charge in [-0.05, 0) is 44.4 Å². The lowest BCUT2D eigenvalue weighted by Gasteiger charge is -2.18. The minimum absolute atomic E-state index is 0.128. The van der Waals surface area contributed by atoms with Crippen LogP contribution < -0.4 is 5.32 Å². The lowest BCUT2D eigenvalue weighted by Crippen LogP contribution is -2.36. The number of benzene rings is 1. The molecule has 1 rings (SSSR count). The Hall–Kier alpha value is -0.930. The van der Waals surface area contributed by atoms with E-state index in [4.69, 9.17) is 5.11 Å². The van der Waals surface area contributed by atoms with Crippen LogP contribution in [0.5, 0.6) is 0 Å². The highest BCUT2D eigenvalue weighted by Gasteiger charge is 2.06. The van der Waals surface area contributed by atoms with Gasteiger partial charge in [-0.1, -0.05) is 12.1 Å². The van der Waals surface area contributed by atoms with Crippen LogP contribution in [0, 0.1) is 5.82 Å². The van der Waals surface area contributed by atoms with E-state index in [1.807, 2.05) is 19.1 Å². The van der Waals surface area contributed by atoms with Crippen molar-refractivity contribution < 1.29 is 9.50 Å². The van der Waals surface area contributed by atoms with Crippen LogP contribution in [0.1, 0.15) is 25.8 Å². The summed E-state index contributed by atoms with van der Waals surface area (Å²) in [5, 5.41) is 12.2. The fraction of sp³-hybridized carbons (Fsp3) is 0.538. The third kappa shape index (κ3) is 4.73. The fourth-order valence-corrected chi connectivity index (χ4v) is 1.66. The average Bonchev–Trinajstić information content (AvgIpc) is 2.28. The smallest absolute Gasteiger partial charge is 0.123 e. The van der Waals surface area contributed by atoms with Crippen molar-refractivity contribution in [2.24, 2.45) is 0 Å². The summed E-state index contributed by atoms with van der Waals surface area (Å²) >= 11 is 0. The highest BCUT2D eigenvalue weighted by Crippen LogP contribution is 2.07. The summed E-state index contributed by atoms with van der Waals surface area (Å²) in [6.45, 7) is 4.20. The normalized spacial score (nSPS) is 14.8. The van der Waals surface area contributed by atoms with Gasteiger partial charge in [0.2, 0.25) is 0 Å². The Morgan fingerprint density at radius 1 is 1.19 bits per heavy atom. The van der Waals surface area contributed by atoms with Crippen molar-refractivity contribution in [1.82, 2.24) is 5.32 Å². The first kappa shape index (κ1) is 13.1. The Kier molecular flexibility index (Phi) is 5.43. The van der Waals surface area contributed by atoms with E-state index < -0.39 is 0 Å². The van der Waals surface area contributed by atoms with Crippen LogP contribution in [-0.4, -0.2) is 23.8 Å². The molecule has 16 heavy (non-hydrogen) atoms. The van der Waals surface area contributed by atoms with E-state index in [1.54, 1.807) is 0 Å². The molecule has 0 spiro atoms. The Morgan fingerprint density at radius 2 is 1.81 bits per heavy atom. The molecule has 90 valence electrons. The van der Waals surface area contributed by atoms with Crippen LogP contribution in [0.4, 0.5) is 4.39 Å². The number of hydrogen-bond donors (Lipinski definition) is 2. The zero-order valence-electron chi connectivity index (χ0n) is 9.91. The minimum atomic E-state index is -0.191. The van der Waals surface area contributed by atoms with Crippen molar-refractivity contribution >= 4 is 0 Å². The van der Waals surface area contributed by atoms with Gasteiger partial charge < -0.3 is 10.4 Å². The summed E-state index contributed by atoms with van der Waals surface area (Å²) in [5.41, 5.74) is 1.15. The molecule has 3 heteroatoms. The molecule has 0 saturated carbocycles. The van der Waals surface area contributed by atoms with E-state index in [2.05, 4.69) is 12.2 Å². The molecule has 2 atom stereocenters. The van der Waals surface area contributed by atoms with Gasteiger partial charge in [-0.25, -0.2) is 4.39 Å². The van der Waals surface area contributed by atoms with Crippen LogP contribution in [0.25, 0.3) is 0 Å². The second kappa shape index (κ2) is 6.61. The highest BCUT2D eigenvalue weighted by atomic mass is 19.1. The number of rotatable bonds is 6. The first-order valence-electron chi connectivity index (χ1n) is 5.73. The largest absolute Gasteiger partial charge is 0.395 e. The zero-order valence-corrected chi connectivity index (χ0v) is 9.91. The molecule has 0 aromatic heterocycles. The van der Waals surface area contributed by atoms with Gasteiger partial charge in [0.1, 0.15) is 5.82 Å². The number of nitrogens with one attached hydrogen (secondary N) is 1. The molecule has 0 amide bonds. The van der Waals surface area contributed by atoms with Crippen LogP contribution in [-0.2, 0) is 6.42 Å². The summed E-state index contributed by atoms with van der Waals surface area (Å²) in [6.07, 6.45) is 1.91. The molecule has 0 heterocycles. The average molecular weight is 225 g/mol. The molecule has 0 aliphatic heterocycles. The third-order valence-electron chi connectivity index (χ3n) is 2.62. The predicted molar refractivity (Wildman–Crippen MR) is 63.9 cm³/mol. The van der Waals surface area contributed by atoms with E-state index >= 15 is 0 Å². The van der Waals surface area contributed by atoms with E-state index in [0.717, 1.165) is 18.4 Å². The van der Waals surface area contributed by atoms with Gasteiger partial charge in [-0.2, -0.15) is 0 Å². The summed E-state index contributed by atoms with van der Waals surface area (Å²) in [4.78, 5) is 0. The van der Waals surface area contributed by atoms with Crippen LogP contribution >= 0.6 is 0 Å². The van der Waals surface area contributed by atoms with Crippen LogP contribution in [0.15, 0.2) is 24.3 Å². The SMILES string of the molecule is CC(CCc1ccc(F)cc1)N[C@H](C)CO. The number of hydrogen-bond acceptors (Lipinski definition) is 2. The molecule has 0 aliphatic rings. The van der Waals surface area contributed by atoms with Crippen molar-refractivity contribution in [3.63, 3.8) is 0 Å². The first-order valence-corrected chi connectivity index (χ1v) is 5.73. The van der Waals surface area contributed by atoms with Crippen LogP contribution in [0.2, 0.25) is 0 Å². The predicted octanol–water partition coefficient (Wildman–Crippen LogP) is 2.12. The zero-order chi connectivity index (χ0) is 12.0. The van der Waals surface area contributed by atoms with Crippen molar-refractivity contribution in [2.75, 3.05) is 6.61 Å². The maximum Gasteiger partial charge on any atom is 0.123 e. The van der Waals surface area contributed by atoms with E-state index in [9.17, 15) is 4.39 Å². The second-order valence-corrected chi connectivity index (χ2v) is 4.32. The summed E-state index contributed by atoms with van der Waals surface area (Å²) < 4.78 is 12.7. The van der Waals surface area contributed by atoms with Crippen molar-refractivity contribution in [1.29, 1.82) is 0 Å². The summed E-state index contributed by atoms with van der Waals surface area (Å²) in [6, 6.07) is 7.10. The van der Waals surface area contributed by atoms with E-state index in [0.29, 0.717) is 6.04 Å². The molecular weight excluding hydrogens is 205 g/mol. The number of aliphatic hydroxyl groups excluding tert-OH is 1. The minimum Gasteiger partial charge on any atom is -0.395 e. The molecule has 1 aromatic carbocycles. The van der Waals surface area contributed by atoms with E-state index in [-0.39, 0.29) is 18.5 Å². The van der Waals surface area contributed by atoms with Gasteiger partial charge in [-0.3, -0.25) is 0 Å². The Labute approximate surface area is 96.5 Å². The number of aliphatic hydroxyl groups is 1.